The third-order valence-electron chi connectivity index (χ3n) is 16.5. The van der Waals surface area contributed by atoms with Crippen molar-refractivity contribution in [3.63, 3.8) is 0 Å². The molecule has 0 radical (unpaired) electrons. The van der Waals surface area contributed by atoms with E-state index in [9.17, 15) is 0 Å². The summed E-state index contributed by atoms with van der Waals surface area (Å²) in [5.41, 5.74) is 15.4. The van der Waals surface area contributed by atoms with Gasteiger partial charge < -0.3 is 39.6 Å². The first kappa shape index (κ1) is 70.5. The monoisotopic (exact) mass is 1320 g/mol. The van der Waals surface area contributed by atoms with E-state index in [0.29, 0.717) is 19.1 Å². The molecular formula is C84H86Cl3N3O5. The molecule has 0 aliphatic rings. The molecule has 0 fully saturated rings. The number of benzene rings is 11. The Bertz CT molecular complexity index is 3720. The van der Waals surface area contributed by atoms with Crippen molar-refractivity contribution >= 4 is 46.2 Å². The molecule has 0 heterocycles. The molecule has 0 aliphatic heterocycles. The summed E-state index contributed by atoms with van der Waals surface area (Å²) in [7, 11) is 5.06. The van der Waals surface area contributed by atoms with Gasteiger partial charge in [0, 0.05) is 64.1 Å². The van der Waals surface area contributed by atoms with Crippen molar-refractivity contribution in [1.29, 1.82) is 0 Å². The highest BCUT2D eigenvalue weighted by molar-refractivity contribution is 6.31. The van der Waals surface area contributed by atoms with E-state index in [4.69, 9.17) is 58.5 Å². The van der Waals surface area contributed by atoms with Crippen molar-refractivity contribution in [2.24, 2.45) is 0 Å². The Hall–Kier alpha value is -8.83. The average Bonchev–Trinajstić information content (AvgIpc) is 1.31. The molecule has 11 rings (SSSR count). The Morgan fingerprint density at radius 2 is 0.726 bits per heavy atom. The lowest BCUT2D eigenvalue weighted by molar-refractivity contribution is 0.0662. The van der Waals surface area contributed by atoms with Crippen molar-refractivity contribution in [3.05, 3.63) is 361 Å². The largest absolute Gasteiger partial charge is 0.497 e. The average molecular weight is 1320 g/mol. The van der Waals surface area contributed by atoms with Crippen molar-refractivity contribution in [2.75, 3.05) is 45.1 Å². The summed E-state index contributed by atoms with van der Waals surface area (Å²) >= 11 is 18.3. The summed E-state index contributed by atoms with van der Waals surface area (Å²) in [6, 6.07) is 96.6. The van der Waals surface area contributed by atoms with Gasteiger partial charge in [-0.05, 0) is 166 Å². The van der Waals surface area contributed by atoms with Crippen LogP contribution in [0.3, 0.4) is 0 Å². The number of methoxy groups -OCH3 is 3. The molecule has 3 N–H and O–H groups in total. The van der Waals surface area contributed by atoms with Crippen LogP contribution in [0.5, 0.6) is 17.2 Å². The van der Waals surface area contributed by atoms with Gasteiger partial charge in [-0.25, -0.2) is 0 Å². The Morgan fingerprint density at radius 1 is 0.326 bits per heavy atom. The molecule has 0 aliphatic carbocycles. The lowest BCUT2D eigenvalue weighted by Gasteiger charge is -2.20. The minimum absolute atomic E-state index is 0.163. The molecule has 11 heteroatoms. The predicted octanol–water partition coefficient (Wildman–Crippen LogP) is 21.8. The molecule has 0 saturated heterocycles. The number of anilines is 2. The third-order valence-corrected chi connectivity index (χ3v) is 17.3. The molecule has 8 nitrogen and oxygen atoms in total. The number of nitrogens with one attached hydrogen (secondary N) is 3. The smallest absolute Gasteiger partial charge is 0.119 e. The van der Waals surface area contributed by atoms with Gasteiger partial charge in [0.05, 0.1) is 34.5 Å². The van der Waals surface area contributed by atoms with Crippen LogP contribution in [0.15, 0.2) is 285 Å². The Labute approximate surface area is 578 Å². The van der Waals surface area contributed by atoms with Gasteiger partial charge in [0.15, 0.2) is 0 Å². The van der Waals surface area contributed by atoms with Gasteiger partial charge in [0.25, 0.3) is 0 Å². The molecule has 3 unspecified atom stereocenters. The SMILES string of the molecule is COc1ccc(CCNc2ccccc2COC(c2ccccc2)c2ccc(Cl)cc2)cc1.COc1ccc(CNCc2ccccc2COC(c2ccccc2)c2ccc(Cl)cc2)cc1.COc1ccc(NCCCCCCC(c2ccccc2)c2ccc(Cl)cc2)cc1. The summed E-state index contributed by atoms with van der Waals surface area (Å²) in [5.74, 6) is 3.08. The molecule has 0 saturated carbocycles. The summed E-state index contributed by atoms with van der Waals surface area (Å²) in [4.78, 5) is 0. The molecule has 95 heavy (non-hydrogen) atoms. The molecule has 11 aromatic rings. The van der Waals surface area contributed by atoms with Crippen molar-refractivity contribution in [2.45, 2.75) is 83.0 Å². The highest BCUT2D eigenvalue weighted by Crippen LogP contribution is 2.33. The lowest BCUT2D eigenvalue weighted by atomic mass is 9.87. The number of hydrogen-bond acceptors (Lipinski definition) is 8. The minimum Gasteiger partial charge on any atom is -0.497 e. The molecule has 3 atom stereocenters. The van der Waals surface area contributed by atoms with Crippen LogP contribution in [-0.4, -0.2) is 34.4 Å². The number of halogens is 3. The van der Waals surface area contributed by atoms with E-state index in [1.54, 1.807) is 21.3 Å². The van der Waals surface area contributed by atoms with E-state index >= 15 is 0 Å². The van der Waals surface area contributed by atoms with Crippen LogP contribution in [0, 0.1) is 0 Å². The second-order valence-electron chi connectivity index (χ2n) is 23.1. The number of rotatable bonds is 31. The quantitative estimate of drug-likeness (QED) is 0.0371. The highest BCUT2D eigenvalue weighted by atomic mass is 35.5. The van der Waals surface area contributed by atoms with Crippen LogP contribution in [0.2, 0.25) is 15.1 Å². The van der Waals surface area contributed by atoms with E-state index in [2.05, 4.69) is 155 Å². The fourth-order valence-electron chi connectivity index (χ4n) is 11.2. The normalized spacial score (nSPS) is 11.8. The Balaban J connectivity index is 0.000000168. The zero-order valence-electron chi connectivity index (χ0n) is 54.5. The van der Waals surface area contributed by atoms with Crippen LogP contribution in [-0.2, 0) is 42.2 Å². The van der Waals surface area contributed by atoms with E-state index in [-0.39, 0.29) is 12.2 Å². The van der Waals surface area contributed by atoms with E-state index in [0.717, 1.165) is 111 Å². The number of hydrogen-bond donors (Lipinski definition) is 3. The summed E-state index contributed by atoms with van der Waals surface area (Å²) in [6.45, 7) is 4.41. The Morgan fingerprint density at radius 3 is 1.24 bits per heavy atom. The topological polar surface area (TPSA) is 82.2 Å². The van der Waals surface area contributed by atoms with Crippen LogP contribution >= 0.6 is 34.8 Å². The third kappa shape index (κ3) is 23.3. The first-order valence-corrected chi connectivity index (χ1v) is 33.7. The first-order chi connectivity index (χ1) is 46.7. The van der Waals surface area contributed by atoms with Crippen molar-refractivity contribution in [3.8, 4) is 17.2 Å². The molecule has 0 amide bonds. The maximum Gasteiger partial charge on any atom is 0.119 e. The number of ether oxygens (including phenoxy) is 5. The summed E-state index contributed by atoms with van der Waals surface area (Å²) in [5, 5.41) is 12.8. The standard InChI is InChI=1S/2C29H28ClNO2.C26H30ClNO/c1-32-28-17-11-22(12-18-28)19-31-20-25-9-5-6-10-26(25)21-33-29(23-7-3-2-4-8-23)24-13-15-27(30)16-14-24;1-32-27-17-11-22(12-18-27)19-20-31-28-10-6-5-9-25(28)21-33-29(23-7-3-2-4-8-23)24-13-15-26(30)16-14-24;1-29-25-18-16-24(17-19-25)28-20-8-3-2-7-11-26(21-9-5-4-6-10-21)22-12-14-23(27)15-13-22/h2*2-18,29,31H,19-21H2,1H3;4-6,9-10,12-19,26,28H,2-3,7-8,11,20H2,1H3. The maximum absolute atomic E-state index is 6.49. The number of unbranched alkanes of at least 4 members (excludes halogenated alkanes) is 3. The van der Waals surface area contributed by atoms with Gasteiger partial charge >= 0.3 is 0 Å². The van der Waals surface area contributed by atoms with Crippen molar-refractivity contribution in [1.82, 2.24) is 5.32 Å². The zero-order chi connectivity index (χ0) is 66.1. The summed E-state index contributed by atoms with van der Waals surface area (Å²) < 4.78 is 28.6. The molecule has 488 valence electrons. The second-order valence-corrected chi connectivity index (χ2v) is 24.4. The minimum atomic E-state index is -0.171. The molecule has 0 bridgehead atoms. The van der Waals surface area contributed by atoms with Gasteiger partial charge in [0.2, 0.25) is 0 Å². The fraction of sp³-hybridized carbons (Fsp3) is 0.214. The highest BCUT2D eigenvalue weighted by Gasteiger charge is 2.19. The van der Waals surface area contributed by atoms with Crippen LogP contribution < -0.4 is 30.2 Å². The van der Waals surface area contributed by atoms with Crippen LogP contribution in [0.1, 0.15) is 111 Å². The van der Waals surface area contributed by atoms with Crippen molar-refractivity contribution < 1.29 is 23.7 Å². The molecule has 0 aromatic heterocycles. The van der Waals surface area contributed by atoms with Gasteiger partial charge in [0.1, 0.15) is 29.5 Å². The van der Waals surface area contributed by atoms with Crippen LogP contribution in [0.25, 0.3) is 0 Å². The lowest BCUT2D eigenvalue weighted by Crippen LogP contribution is -2.15. The van der Waals surface area contributed by atoms with Gasteiger partial charge in [-0.2, -0.15) is 0 Å². The number of para-hydroxylation sites is 1. The summed E-state index contributed by atoms with van der Waals surface area (Å²) in [6.07, 6.45) is 6.66. The maximum atomic E-state index is 6.49. The van der Waals surface area contributed by atoms with Gasteiger partial charge in [-0.3, -0.25) is 0 Å². The molecular weight excluding hydrogens is 1240 g/mol. The van der Waals surface area contributed by atoms with Gasteiger partial charge in [-0.1, -0.05) is 248 Å². The van der Waals surface area contributed by atoms with Crippen LogP contribution in [0.4, 0.5) is 11.4 Å². The second kappa shape index (κ2) is 39.1. The predicted molar refractivity (Wildman–Crippen MR) is 395 cm³/mol. The van der Waals surface area contributed by atoms with E-state index in [1.165, 1.54) is 59.1 Å². The first-order valence-electron chi connectivity index (χ1n) is 32.6. The molecule has 0 spiro atoms. The fourth-order valence-corrected chi connectivity index (χ4v) is 11.6. The van der Waals surface area contributed by atoms with E-state index < -0.39 is 0 Å². The van der Waals surface area contributed by atoms with Gasteiger partial charge in [-0.15, -0.1) is 0 Å². The molecule has 11 aromatic carbocycles. The zero-order valence-corrected chi connectivity index (χ0v) is 56.8. The Kier molecular flexibility index (Phi) is 29.0. The van der Waals surface area contributed by atoms with E-state index in [1.807, 2.05) is 146 Å².